The number of aliphatic hydroxyl groups excluding tert-OH is 1. The highest BCUT2D eigenvalue weighted by atomic mass is 16.5. The minimum absolute atomic E-state index is 0.0564. The molecule has 3 aromatic heterocycles. The predicted molar refractivity (Wildman–Crippen MR) is 122 cm³/mol. The lowest BCUT2D eigenvalue weighted by Crippen LogP contribution is -2.30. The van der Waals surface area contributed by atoms with Crippen molar-refractivity contribution in [2.75, 3.05) is 6.61 Å². The van der Waals surface area contributed by atoms with Gasteiger partial charge < -0.3 is 14.9 Å². The molecule has 1 atom stereocenters. The molecule has 15 nitrogen and oxygen atoms in total. The number of fused-ring (bicyclic) bond motifs is 1. The number of azo groups is 1. The first-order valence-electron chi connectivity index (χ1n) is 10.2. The zero-order valence-corrected chi connectivity index (χ0v) is 18.5. The molecule has 0 radical (unpaired) electrons. The molecule has 35 heavy (non-hydrogen) atoms. The number of aromatic nitrogens is 6. The average molecular weight is 484 g/mol. The maximum absolute atomic E-state index is 12.6. The normalized spacial score (nSPS) is 12.4. The number of benzene rings is 1. The van der Waals surface area contributed by atoms with Crippen LogP contribution in [0.2, 0.25) is 0 Å². The second kappa shape index (κ2) is 9.22. The third kappa shape index (κ3) is 4.79. The Morgan fingerprint density at radius 1 is 1.11 bits per heavy atom. The number of hydrogen-bond donors (Lipinski definition) is 5. The van der Waals surface area contributed by atoms with Crippen LogP contribution in [0.15, 0.2) is 53.7 Å². The van der Waals surface area contributed by atoms with Crippen LogP contribution in [-0.2, 0) is 13.6 Å². The summed E-state index contributed by atoms with van der Waals surface area (Å²) < 4.78 is 7.86. The van der Waals surface area contributed by atoms with Gasteiger partial charge in [0.05, 0.1) is 6.54 Å². The van der Waals surface area contributed by atoms with Crippen molar-refractivity contribution in [3.05, 3.63) is 71.5 Å². The summed E-state index contributed by atoms with van der Waals surface area (Å²) in [5.41, 5.74) is -3.27. The lowest BCUT2D eigenvalue weighted by Gasteiger charge is -2.14. The summed E-state index contributed by atoms with van der Waals surface area (Å²) in [5, 5.41) is 27.9. The van der Waals surface area contributed by atoms with Crippen LogP contribution >= 0.6 is 0 Å². The molecule has 0 aliphatic carbocycles. The Kier molecular flexibility index (Phi) is 6.16. The Morgan fingerprint density at radius 3 is 2.60 bits per heavy atom. The molecule has 4 rings (SSSR count). The van der Waals surface area contributed by atoms with Gasteiger partial charge in [-0.15, -0.1) is 10.2 Å². The molecular formula is C20H20N8O7. The van der Waals surface area contributed by atoms with E-state index in [1.807, 2.05) is 23.0 Å². The zero-order chi connectivity index (χ0) is 25.3. The summed E-state index contributed by atoms with van der Waals surface area (Å²) in [6.07, 6.45) is -1.15. The number of ether oxygens (including phenoxy) is 1. The van der Waals surface area contributed by atoms with E-state index in [1.54, 1.807) is 18.2 Å². The number of aromatic hydroxyl groups is 1. The summed E-state index contributed by atoms with van der Waals surface area (Å²) in [7, 11) is 1.37. The molecule has 0 spiro atoms. The van der Waals surface area contributed by atoms with Crippen LogP contribution in [-0.4, -0.2) is 52.0 Å². The highest BCUT2D eigenvalue weighted by Crippen LogP contribution is 2.23. The van der Waals surface area contributed by atoms with E-state index in [9.17, 15) is 29.4 Å². The topological polar surface area (TPSA) is 213 Å². The lowest BCUT2D eigenvalue weighted by atomic mass is 10.2. The second-order valence-corrected chi connectivity index (χ2v) is 7.60. The molecule has 1 aromatic carbocycles. The van der Waals surface area contributed by atoms with Gasteiger partial charge in [-0.05, 0) is 24.6 Å². The standard InChI is InChI=1S/C20H20N8O7/c1-9-4-3-5-11(6-9)35-8-10(29)7-28-13-14(27(2)20(34)24-17(13)32)21-18(28)26-25-12-15(30)22-19(33)23-16(12)31/h3-6,10,29H,7-8H2,1-2H3,(H,24,32,34)(H3,22,23,30,31,33)/t10-/m0/s1. The van der Waals surface area contributed by atoms with Crippen molar-refractivity contribution in [3.63, 3.8) is 0 Å². The molecule has 3 heterocycles. The molecule has 5 N–H and O–H groups in total. The largest absolute Gasteiger partial charge is 0.493 e. The highest BCUT2D eigenvalue weighted by molar-refractivity contribution is 5.73. The first kappa shape index (κ1) is 23.4. The lowest BCUT2D eigenvalue weighted by molar-refractivity contribution is 0.0937. The van der Waals surface area contributed by atoms with Crippen LogP contribution in [0.3, 0.4) is 0 Å². The van der Waals surface area contributed by atoms with Gasteiger partial charge in [0, 0.05) is 7.05 Å². The van der Waals surface area contributed by atoms with Gasteiger partial charge in [0.2, 0.25) is 11.6 Å². The average Bonchev–Trinajstić information content (AvgIpc) is 3.14. The summed E-state index contributed by atoms with van der Waals surface area (Å²) in [5.74, 6) is -0.555. The van der Waals surface area contributed by atoms with Crippen molar-refractivity contribution in [2.24, 2.45) is 17.3 Å². The Hall–Kier alpha value is -4.79. The van der Waals surface area contributed by atoms with Crippen LogP contribution < -0.4 is 27.2 Å². The molecule has 0 fully saturated rings. The fourth-order valence-corrected chi connectivity index (χ4v) is 3.29. The van der Waals surface area contributed by atoms with Crippen LogP contribution in [0.1, 0.15) is 5.56 Å². The number of H-pyrrole nitrogens is 3. The van der Waals surface area contributed by atoms with E-state index >= 15 is 0 Å². The van der Waals surface area contributed by atoms with Gasteiger partial charge in [-0.3, -0.25) is 33.7 Å². The second-order valence-electron chi connectivity index (χ2n) is 7.60. The van der Waals surface area contributed by atoms with Crippen molar-refractivity contribution < 1.29 is 14.9 Å². The summed E-state index contributed by atoms with van der Waals surface area (Å²) in [4.78, 5) is 57.9. The maximum atomic E-state index is 12.6. The quantitative estimate of drug-likeness (QED) is 0.218. The van der Waals surface area contributed by atoms with Gasteiger partial charge in [0.15, 0.2) is 11.2 Å². The van der Waals surface area contributed by atoms with E-state index in [0.29, 0.717) is 5.75 Å². The van der Waals surface area contributed by atoms with Crippen LogP contribution in [0.4, 0.5) is 11.6 Å². The van der Waals surface area contributed by atoms with E-state index in [0.717, 1.165) is 10.1 Å². The number of rotatable bonds is 7. The number of hydrogen-bond acceptors (Lipinski definition) is 10. The molecule has 0 aliphatic heterocycles. The van der Waals surface area contributed by atoms with Crippen LogP contribution in [0.5, 0.6) is 11.6 Å². The number of aryl methyl sites for hydroxylation is 2. The van der Waals surface area contributed by atoms with Gasteiger partial charge in [0.1, 0.15) is 18.5 Å². The molecule has 0 amide bonds. The number of nitrogens with one attached hydrogen (secondary N) is 3. The van der Waals surface area contributed by atoms with Crippen LogP contribution in [0, 0.1) is 6.92 Å². The van der Waals surface area contributed by atoms with Crippen molar-refractivity contribution in [1.82, 2.24) is 29.1 Å². The Balaban J connectivity index is 1.73. The third-order valence-electron chi connectivity index (χ3n) is 4.95. The molecule has 182 valence electrons. The first-order valence-corrected chi connectivity index (χ1v) is 10.2. The number of aromatic amines is 3. The maximum Gasteiger partial charge on any atom is 0.329 e. The fourth-order valence-electron chi connectivity index (χ4n) is 3.29. The minimum atomic E-state index is -1.15. The van der Waals surface area contributed by atoms with Gasteiger partial charge in [0.25, 0.3) is 17.1 Å². The monoisotopic (exact) mass is 484 g/mol. The summed E-state index contributed by atoms with van der Waals surface area (Å²) >= 11 is 0. The van der Waals surface area contributed by atoms with Crippen LogP contribution in [0.25, 0.3) is 11.2 Å². The number of imidazole rings is 1. The zero-order valence-electron chi connectivity index (χ0n) is 18.5. The Labute approximate surface area is 194 Å². The Morgan fingerprint density at radius 2 is 1.89 bits per heavy atom. The Bertz CT molecular complexity index is 1670. The molecule has 0 saturated carbocycles. The van der Waals surface area contributed by atoms with Crippen molar-refractivity contribution >= 4 is 22.8 Å². The van der Waals surface area contributed by atoms with E-state index in [-0.39, 0.29) is 30.3 Å². The van der Waals surface area contributed by atoms with Gasteiger partial charge in [-0.1, -0.05) is 12.1 Å². The minimum Gasteiger partial charge on any atom is -0.493 e. The van der Waals surface area contributed by atoms with E-state index in [1.165, 1.54) is 11.6 Å². The first-order chi connectivity index (χ1) is 16.6. The van der Waals surface area contributed by atoms with Crippen molar-refractivity contribution in [1.29, 1.82) is 0 Å². The molecule has 0 aliphatic rings. The molecule has 0 saturated heterocycles. The summed E-state index contributed by atoms with van der Waals surface area (Å²) in [6.45, 7) is 1.50. The summed E-state index contributed by atoms with van der Waals surface area (Å²) in [6, 6.07) is 7.20. The van der Waals surface area contributed by atoms with Gasteiger partial charge >= 0.3 is 11.4 Å². The van der Waals surface area contributed by atoms with Crippen molar-refractivity contribution in [3.8, 4) is 11.6 Å². The highest BCUT2D eigenvalue weighted by Gasteiger charge is 2.20. The SMILES string of the molecule is Cc1cccc(OC[C@@H](O)Cn2c(N=Nc3c(O)[nH]c(=O)[nH]c3=O)nc3c2c(=O)[nH]c(=O)n3C)c1. The van der Waals surface area contributed by atoms with E-state index in [2.05, 4.69) is 20.2 Å². The van der Waals surface area contributed by atoms with E-state index in [4.69, 9.17) is 4.74 Å². The molecule has 4 aromatic rings. The number of aliphatic hydroxyl groups is 1. The smallest absolute Gasteiger partial charge is 0.329 e. The fraction of sp³-hybridized carbons (Fsp3) is 0.250. The molecular weight excluding hydrogens is 464 g/mol. The molecule has 15 heteroatoms. The predicted octanol–water partition coefficient (Wildman–Crippen LogP) is -0.331. The van der Waals surface area contributed by atoms with Crippen molar-refractivity contribution in [2.45, 2.75) is 19.6 Å². The third-order valence-corrected chi connectivity index (χ3v) is 4.95. The van der Waals surface area contributed by atoms with Gasteiger partial charge in [-0.2, -0.15) is 4.98 Å². The number of nitrogens with zero attached hydrogens (tertiary/aromatic N) is 5. The van der Waals surface area contributed by atoms with Gasteiger partial charge in [-0.25, -0.2) is 9.59 Å². The molecule has 0 unspecified atom stereocenters. The molecule has 0 bridgehead atoms. The van der Waals surface area contributed by atoms with E-state index < -0.39 is 40.2 Å².